The smallest absolute Gasteiger partial charge is 0.229 e. The number of piperidine rings is 1. The Labute approximate surface area is 175 Å². The van der Waals surface area contributed by atoms with Crippen LogP contribution in [0.3, 0.4) is 0 Å². The van der Waals surface area contributed by atoms with Gasteiger partial charge in [-0.15, -0.1) is 0 Å². The Hall–Kier alpha value is -3.41. The van der Waals surface area contributed by atoms with Crippen LogP contribution >= 0.6 is 0 Å². The molecule has 0 spiro atoms. The molecule has 6 heteroatoms. The molecule has 1 fully saturated rings. The van der Waals surface area contributed by atoms with Gasteiger partial charge in [0.2, 0.25) is 5.91 Å². The van der Waals surface area contributed by atoms with Crippen LogP contribution in [0.2, 0.25) is 0 Å². The van der Waals surface area contributed by atoms with Crippen molar-refractivity contribution < 1.29 is 4.79 Å². The van der Waals surface area contributed by atoms with Crippen molar-refractivity contribution in [2.45, 2.75) is 26.7 Å². The summed E-state index contributed by atoms with van der Waals surface area (Å²) >= 11 is 0. The quantitative estimate of drug-likeness (QED) is 0.556. The predicted octanol–water partition coefficient (Wildman–Crippen LogP) is 4.35. The van der Waals surface area contributed by atoms with E-state index in [1.165, 1.54) is 0 Å². The standard InChI is InChI=1S/C24H25N5O/c1-16-9-10-17(2)19(14-16)26-24(30)18-6-4-12-28(15-18)23-21-8-5-13-29(21)20-7-3-11-25-22(20)27-23/h3,5,7-11,13-14,18H,4,6,12,15H2,1-2H3,(H,26,30)/t18-/m0/s1. The molecule has 1 saturated heterocycles. The fourth-order valence-electron chi connectivity index (χ4n) is 4.31. The molecular formula is C24H25N5O. The number of hydrogen-bond acceptors (Lipinski definition) is 4. The highest BCUT2D eigenvalue weighted by Gasteiger charge is 2.28. The van der Waals surface area contributed by atoms with Crippen LogP contribution in [0.5, 0.6) is 0 Å². The van der Waals surface area contributed by atoms with E-state index in [1.54, 1.807) is 6.20 Å². The first-order chi connectivity index (χ1) is 14.6. The summed E-state index contributed by atoms with van der Waals surface area (Å²) in [5.41, 5.74) is 5.88. The summed E-state index contributed by atoms with van der Waals surface area (Å²) in [7, 11) is 0. The molecule has 0 unspecified atom stereocenters. The Morgan fingerprint density at radius 3 is 2.90 bits per heavy atom. The SMILES string of the molecule is Cc1ccc(C)c(NC(=O)[C@H]2CCCN(c3nc4ncccc4n4cccc34)C2)c1. The third kappa shape index (κ3) is 3.28. The molecule has 152 valence electrons. The largest absolute Gasteiger partial charge is 0.354 e. The van der Waals surface area contributed by atoms with E-state index in [0.29, 0.717) is 6.54 Å². The molecule has 3 aromatic heterocycles. The second kappa shape index (κ2) is 7.44. The predicted molar refractivity (Wildman–Crippen MR) is 120 cm³/mol. The number of fused-ring (bicyclic) bond motifs is 3. The minimum atomic E-state index is -0.0742. The van der Waals surface area contributed by atoms with Gasteiger partial charge < -0.3 is 14.6 Å². The number of hydrogen-bond donors (Lipinski definition) is 1. The number of pyridine rings is 1. The van der Waals surface area contributed by atoms with Crippen molar-refractivity contribution in [1.82, 2.24) is 14.4 Å². The molecule has 1 aromatic carbocycles. The lowest BCUT2D eigenvalue weighted by Gasteiger charge is -2.33. The van der Waals surface area contributed by atoms with E-state index in [-0.39, 0.29) is 11.8 Å². The summed E-state index contributed by atoms with van der Waals surface area (Å²) in [6.45, 7) is 5.61. The topological polar surface area (TPSA) is 62.5 Å². The van der Waals surface area contributed by atoms with Gasteiger partial charge in [0, 0.05) is 31.2 Å². The second-order valence-corrected chi connectivity index (χ2v) is 8.14. The van der Waals surface area contributed by atoms with Gasteiger partial charge in [-0.05, 0) is 68.1 Å². The van der Waals surface area contributed by atoms with Crippen molar-refractivity contribution in [3.8, 4) is 0 Å². The molecule has 1 aliphatic heterocycles. The molecule has 1 aliphatic rings. The number of aryl methyl sites for hydroxylation is 2. The summed E-state index contributed by atoms with van der Waals surface area (Å²) < 4.78 is 2.13. The Morgan fingerprint density at radius 2 is 2.00 bits per heavy atom. The van der Waals surface area contributed by atoms with Crippen molar-refractivity contribution in [2.75, 3.05) is 23.3 Å². The molecule has 6 nitrogen and oxygen atoms in total. The first-order valence-corrected chi connectivity index (χ1v) is 10.4. The molecule has 0 radical (unpaired) electrons. The highest BCUT2D eigenvalue weighted by atomic mass is 16.1. The number of rotatable bonds is 3. The zero-order valence-corrected chi connectivity index (χ0v) is 17.3. The average Bonchev–Trinajstić information content (AvgIpc) is 3.26. The van der Waals surface area contributed by atoms with Gasteiger partial charge >= 0.3 is 0 Å². The van der Waals surface area contributed by atoms with E-state index >= 15 is 0 Å². The van der Waals surface area contributed by atoms with Crippen LogP contribution in [0.25, 0.3) is 16.7 Å². The maximum Gasteiger partial charge on any atom is 0.229 e. The maximum absolute atomic E-state index is 13.1. The number of anilines is 2. The number of nitrogens with one attached hydrogen (secondary N) is 1. The summed E-state index contributed by atoms with van der Waals surface area (Å²) in [6, 6.07) is 14.2. The van der Waals surface area contributed by atoms with Gasteiger partial charge in [0.15, 0.2) is 11.5 Å². The highest BCUT2D eigenvalue weighted by molar-refractivity contribution is 5.94. The molecule has 0 saturated carbocycles. The number of carbonyl (C=O) groups excluding carboxylic acids is 1. The molecule has 0 aliphatic carbocycles. The third-order valence-electron chi connectivity index (χ3n) is 5.96. The van der Waals surface area contributed by atoms with Gasteiger partial charge in [0.1, 0.15) is 0 Å². The monoisotopic (exact) mass is 399 g/mol. The lowest BCUT2D eigenvalue weighted by molar-refractivity contribution is -0.120. The number of nitrogens with zero attached hydrogens (tertiary/aromatic N) is 4. The van der Waals surface area contributed by atoms with Crippen LogP contribution in [0, 0.1) is 19.8 Å². The molecule has 4 aromatic rings. The second-order valence-electron chi connectivity index (χ2n) is 8.14. The molecular weight excluding hydrogens is 374 g/mol. The number of carbonyl (C=O) groups is 1. The van der Waals surface area contributed by atoms with Gasteiger partial charge in [-0.1, -0.05) is 12.1 Å². The number of amides is 1. The fraction of sp³-hybridized carbons (Fsp3) is 0.292. The first-order valence-electron chi connectivity index (χ1n) is 10.4. The number of benzene rings is 1. The van der Waals surface area contributed by atoms with Crippen LogP contribution in [-0.2, 0) is 4.79 Å². The summed E-state index contributed by atoms with van der Waals surface area (Å²) in [6.07, 6.45) is 5.65. The van der Waals surface area contributed by atoms with Crippen molar-refractivity contribution in [3.05, 3.63) is 66.0 Å². The molecule has 1 N–H and O–H groups in total. The third-order valence-corrected chi connectivity index (χ3v) is 5.96. The minimum Gasteiger partial charge on any atom is -0.354 e. The normalized spacial score (nSPS) is 16.9. The van der Waals surface area contributed by atoms with Crippen LogP contribution in [0.15, 0.2) is 54.9 Å². The highest BCUT2D eigenvalue weighted by Crippen LogP contribution is 2.29. The van der Waals surface area contributed by atoms with Crippen molar-refractivity contribution >= 4 is 34.1 Å². The molecule has 1 atom stereocenters. The van der Waals surface area contributed by atoms with Crippen LogP contribution in [-0.4, -0.2) is 33.4 Å². The van der Waals surface area contributed by atoms with E-state index in [9.17, 15) is 4.79 Å². The summed E-state index contributed by atoms with van der Waals surface area (Å²) in [5.74, 6) is 0.907. The van der Waals surface area contributed by atoms with Gasteiger partial charge in [-0.25, -0.2) is 9.97 Å². The Morgan fingerprint density at radius 1 is 1.13 bits per heavy atom. The van der Waals surface area contributed by atoms with Gasteiger partial charge in [-0.2, -0.15) is 0 Å². The van der Waals surface area contributed by atoms with E-state index in [2.05, 4.69) is 31.7 Å². The first kappa shape index (κ1) is 18.6. The fourth-order valence-corrected chi connectivity index (χ4v) is 4.31. The van der Waals surface area contributed by atoms with Crippen molar-refractivity contribution in [3.63, 3.8) is 0 Å². The van der Waals surface area contributed by atoms with Crippen LogP contribution in [0.1, 0.15) is 24.0 Å². The summed E-state index contributed by atoms with van der Waals surface area (Å²) in [4.78, 5) is 24.6. The van der Waals surface area contributed by atoms with Crippen LogP contribution < -0.4 is 10.2 Å². The zero-order chi connectivity index (χ0) is 20.7. The number of aromatic nitrogens is 3. The van der Waals surface area contributed by atoms with Gasteiger partial charge in [0.25, 0.3) is 0 Å². The lowest BCUT2D eigenvalue weighted by atomic mass is 9.96. The Balaban J connectivity index is 1.43. The van der Waals surface area contributed by atoms with Gasteiger partial charge in [-0.3, -0.25) is 4.79 Å². The molecule has 30 heavy (non-hydrogen) atoms. The molecule has 1 amide bonds. The Kier molecular flexibility index (Phi) is 4.62. The molecule has 0 bridgehead atoms. The van der Waals surface area contributed by atoms with Crippen LogP contribution in [0.4, 0.5) is 11.5 Å². The van der Waals surface area contributed by atoms with E-state index in [4.69, 9.17) is 4.98 Å². The van der Waals surface area contributed by atoms with Crippen molar-refractivity contribution in [2.24, 2.45) is 5.92 Å². The molecule has 5 rings (SSSR count). The van der Waals surface area contributed by atoms with E-state index < -0.39 is 0 Å². The zero-order valence-electron chi connectivity index (χ0n) is 17.3. The van der Waals surface area contributed by atoms with E-state index in [1.807, 2.05) is 50.4 Å². The lowest BCUT2D eigenvalue weighted by Crippen LogP contribution is -2.41. The molecule has 4 heterocycles. The Bertz CT molecular complexity index is 1250. The maximum atomic E-state index is 13.1. The van der Waals surface area contributed by atoms with Gasteiger partial charge in [0.05, 0.1) is 17.0 Å². The average molecular weight is 399 g/mol. The van der Waals surface area contributed by atoms with Crippen molar-refractivity contribution in [1.29, 1.82) is 0 Å². The minimum absolute atomic E-state index is 0.0742. The summed E-state index contributed by atoms with van der Waals surface area (Å²) in [5, 5.41) is 3.15. The van der Waals surface area contributed by atoms with E-state index in [0.717, 1.165) is 58.7 Å².